The van der Waals surface area contributed by atoms with Crippen LogP contribution in [0.25, 0.3) is 0 Å². The van der Waals surface area contributed by atoms with Gasteiger partial charge in [0.1, 0.15) is 11.6 Å². The number of halogens is 2. The number of hydrogen-bond donors (Lipinski definition) is 1. The second-order valence-electron chi connectivity index (χ2n) is 5.19. The van der Waals surface area contributed by atoms with E-state index in [2.05, 4.69) is 12.2 Å². The fourth-order valence-corrected chi connectivity index (χ4v) is 3.01. The van der Waals surface area contributed by atoms with Gasteiger partial charge in [0.05, 0.1) is 0 Å². The molecule has 1 saturated carbocycles. The van der Waals surface area contributed by atoms with E-state index in [4.69, 9.17) is 0 Å². The maximum atomic E-state index is 13.2. The Labute approximate surface area is 108 Å². The van der Waals surface area contributed by atoms with E-state index in [1.54, 1.807) is 0 Å². The average Bonchev–Trinajstić information content (AvgIpc) is 2.80. The highest BCUT2D eigenvalue weighted by Gasteiger charge is 2.24. The number of rotatable bonds is 5. The summed E-state index contributed by atoms with van der Waals surface area (Å²) < 4.78 is 26.4. The van der Waals surface area contributed by atoms with E-state index in [-0.39, 0.29) is 0 Å². The molecular formula is C15H21F2N. The number of likely N-dealkylation sites (N-methyl/N-ethyl adjacent to an activating group) is 1. The van der Waals surface area contributed by atoms with Gasteiger partial charge >= 0.3 is 0 Å². The van der Waals surface area contributed by atoms with Crippen LogP contribution >= 0.6 is 0 Å². The van der Waals surface area contributed by atoms with Gasteiger partial charge in [0, 0.05) is 12.1 Å². The van der Waals surface area contributed by atoms with Crippen molar-refractivity contribution in [1.82, 2.24) is 5.32 Å². The van der Waals surface area contributed by atoms with Crippen LogP contribution in [0, 0.1) is 17.6 Å². The van der Waals surface area contributed by atoms with Crippen LogP contribution in [0.3, 0.4) is 0 Å². The maximum Gasteiger partial charge on any atom is 0.126 e. The lowest BCUT2D eigenvalue weighted by atomic mass is 9.92. The van der Waals surface area contributed by atoms with Crippen LogP contribution in [-0.2, 0) is 6.42 Å². The Morgan fingerprint density at radius 1 is 1.17 bits per heavy atom. The minimum absolute atomic E-state index is 0.346. The van der Waals surface area contributed by atoms with E-state index in [1.807, 2.05) is 0 Å². The molecule has 0 bridgehead atoms. The number of hydrogen-bond acceptors (Lipinski definition) is 1. The van der Waals surface area contributed by atoms with Gasteiger partial charge in [-0.05, 0) is 49.4 Å². The van der Waals surface area contributed by atoms with Crippen molar-refractivity contribution < 1.29 is 8.78 Å². The van der Waals surface area contributed by atoms with Crippen molar-refractivity contribution in [3.05, 3.63) is 35.4 Å². The van der Waals surface area contributed by atoms with Crippen LogP contribution in [-0.4, -0.2) is 12.6 Å². The maximum absolute atomic E-state index is 13.2. The van der Waals surface area contributed by atoms with Crippen molar-refractivity contribution in [2.45, 2.75) is 45.1 Å². The summed E-state index contributed by atoms with van der Waals surface area (Å²) in [5.41, 5.74) is 0.755. The highest BCUT2D eigenvalue weighted by Crippen LogP contribution is 2.29. The van der Waals surface area contributed by atoms with E-state index in [0.29, 0.717) is 18.4 Å². The Morgan fingerprint density at radius 3 is 2.33 bits per heavy atom. The van der Waals surface area contributed by atoms with Crippen molar-refractivity contribution >= 4 is 0 Å². The van der Waals surface area contributed by atoms with Gasteiger partial charge < -0.3 is 5.32 Å². The van der Waals surface area contributed by atoms with E-state index < -0.39 is 11.6 Å². The van der Waals surface area contributed by atoms with Crippen LogP contribution in [0.2, 0.25) is 0 Å². The van der Waals surface area contributed by atoms with Gasteiger partial charge in [0.25, 0.3) is 0 Å². The fraction of sp³-hybridized carbons (Fsp3) is 0.600. The second kappa shape index (κ2) is 6.28. The molecule has 1 fully saturated rings. The minimum Gasteiger partial charge on any atom is -0.314 e. The lowest BCUT2D eigenvalue weighted by Gasteiger charge is -2.24. The normalized spacial score (nSPS) is 18.2. The van der Waals surface area contributed by atoms with Crippen LogP contribution in [0.1, 0.15) is 38.2 Å². The molecule has 0 radical (unpaired) electrons. The summed E-state index contributed by atoms with van der Waals surface area (Å²) in [7, 11) is 0. The average molecular weight is 253 g/mol. The molecule has 0 heterocycles. The Morgan fingerprint density at radius 2 is 1.78 bits per heavy atom. The molecule has 0 amide bonds. The molecule has 18 heavy (non-hydrogen) atoms. The molecule has 1 unspecified atom stereocenters. The van der Waals surface area contributed by atoms with Gasteiger partial charge in [-0.3, -0.25) is 0 Å². The molecule has 2 rings (SSSR count). The minimum atomic E-state index is -0.480. The van der Waals surface area contributed by atoms with E-state index in [9.17, 15) is 8.78 Å². The van der Waals surface area contributed by atoms with Gasteiger partial charge in [0.15, 0.2) is 0 Å². The highest BCUT2D eigenvalue weighted by molar-refractivity contribution is 5.19. The van der Waals surface area contributed by atoms with Crippen LogP contribution in [0.15, 0.2) is 18.2 Å². The third kappa shape index (κ3) is 3.52. The predicted octanol–water partition coefficient (Wildman–Crippen LogP) is 3.68. The lowest BCUT2D eigenvalue weighted by molar-refractivity contribution is 0.361. The number of nitrogens with one attached hydrogen (secondary N) is 1. The lowest BCUT2D eigenvalue weighted by Crippen LogP contribution is -2.37. The van der Waals surface area contributed by atoms with Gasteiger partial charge in [-0.1, -0.05) is 19.8 Å². The molecular weight excluding hydrogens is 232 g/mol. The quantitative estimate of drug-likeness (QED) is 0.844. The van der Waals surface area contributed by atoms with Gasteiger partial charge in [-0.25, -0.2) is 8.78 Å². The van der Waals surface area contributed by atoms with E-state index >= 15 is 0 Å². The molecule has 3 heteroatoms. The Hall–Kier alpha value is -0.960. The van der Waals surface area contributed by atoms with Crippen LogP contribution < -0.4 is 5.32 Å². The van der Waals surface area contributed by atoms with Crippen molar-refractivity contribution in [3.63, 3.8) is 0 Å². The van der Waals surface area contributed by atoms with E-state index in [0.717, 1.165) is 18.2 Å². The number of benzene rings is 1. The monoisotopic (exact) mass is 253 g/mol. The Bertz CT molecular complexity index is 366. The third-order valence-corrected chi connectivity index (χ3v) is 3.81. The van der Waals surface area contributed by atoms with Gasteiger partial charge in [-0.2, -0.15) is 0 Å². The summed E-state index contributed by atoms with van der Waals surface area (Å²) in [5, 5.41) is 3.47. The largest absolute Gasteiger partial charge is 0.314 e. The smallest absolute Gasteiger partial charge is 0.126 e. The molecule has 1 nitrogen and oxygen atoms in total. The van der Waals surface area contributed by atoms with Gasteiger partial charge in [-0.15, -0.1) is 0 Å². The molecule has 1 aliphatic carbocycles. The Balaban J connectivity index is 2.07. The summed E-state index contributed by atoms with van der Waals surface area (Å²) in [6.45, 7) is 2.98. The standard InChI is InChI=1S/C15H21F2N/c1-2-18-15(12-5-3-4-6-12)9-11-7-13(16)10-14(17)8-11/h7-8,10,12,15,18H,2-6,9H2,1H3. The molecule has 1 N–H and O–H groups in total. The van der Waals surface area contributed by atoms with E-state index in [1.165, 1.54) is 37.8 Å². The molecule has 1 aliphatic rings. The van der Waals surface area contributed by atoms with Gasteiger partial charge in [0.2, 0.25) is 0 Å². The Kier molecular flexibility index (Phi) is 4.70. The summed E-state index contributed by atoms with van der Waals surface area (Å²) in [5.74, 6) is -0.311. The van der Waals surface area contributed by atoms with Crippen molar-refractivity contribution in [3.8, 4) is 0 Å². The summed E-state index contributed by atoms with van der Waals surface area (Å²) in [6.07, 6.45) is 5.74. The highest BCUT2D eigenvalue weighted by atomic mass is 19.1. The topological polar surface area (TPSA) is 12.0 Å². The zero-order valence-corrected chi connectivity index (χ0v) is 10.9. The second-order valence-corrected chi connectivity index (χ2v) is 5.19. The van der Waals surface area contributed by atoms with Crippen molar-refractivity contribution in [2.24, 2.45) is 5.92 Å². The molecule has 0 aliphatic heterocycles. The van der Waals surface area contributed by atoms with Crippen LogP contribution in [0.4, 0.5) is 8.78 Å². The molecule has 0 aromatic heterocycles. The van der Waals surface area contributed by atoms with Crippen LogP contribution in [0.5, 0.6) is 0 Å². The zero-order chi connectivity index (χ0) is 13.0. The summed E-state index contributed by atoms with van der Waals surface area (Å²) in [6, 6.07) is 4.17. The first-order chi connectivity index (χ1) is 8.69. The summed E-state index contributed by atoms with van der Waals surface area (Å²) >= 11 is 0. The SMILES string of the molecule is CCNC(Cc1cc(F)cc(F)c1)C1CCCC1. The summed E-state index contributed by atoms with van der Waals surface area (Å²) in [4.78, 5) is 0. The molecule has 1 aromatic carbocycles. The fourth-order valence-electron chi connectivity index (χ4n) is 3.01. The first-order valence-electron chi connectivity index (χ1n) is 6.87. The van der Waals surface area contributed by atoms with Crippen molar-refractivity contribution in [2.75, 3.05) is 6.54 Å². The molecule has 1 aromatic rings. The predicted molar refractivity (Wildman–Crippen MR) is 69.5 cm³/mol. The molecule has 0 saturated heterocycles. The first kappa shape index (κ1) is 13.5. The first-order valence-corrected chi connectivity index (χ1v) is 6.87. The van der Waals surface area contributed by atoms with Crippen molar-refractivity contribution in [1.29, 1.82) is 0 Å². The molecule has 1 atom stereocenters. The zero-order valence-electron chi connectivity index (χ0n) is 10.9. The molecule has 100 valence electrons. The molecule has 0 spiro atoms. The third-order valence-electron chi connectivity index (χ3n) is 3.81.